The molecule has 1 unspecified atom stereocenters. The van der Waals surface area contributed by atoms with Gasteiger partial charge < -0.3 is 15.5 Å². The fourth-order valence-electron chi connectivity index (χ4n) is 1.57. The van der Waals surface area contributed by atoms with Gasteiger partial charge in [0.15, 0.2) is 5.82 Å². The molecule has 0 amide bonds. The van der Waals surface area contributed by atoms with Crippen LogP contribution in [0.4, 0.5) is 10.1 Å². The first-order valence-corrected chi connectivity index (χ1v) is 4.65. The second-order valence-electron chi connectivity index (χ2n) is 3.37. The molecule has 0 aliphatic rings. The third kappa shape index (κ3) is 1.48. The largest absolute Gasteiger partial charge is 0.460 e. The van der Waals surface area contributed by atoms with E-state index in [1.807, 2.05) is 0 Å². The van der Waals surface area contributed by atoms with Gasteiger partial charge in [0, 0.05) is 5.56 Å². The van der Waals surface area contributed by atoms with Crippen molar-refractivity contribution in [2.24, 2.45) is 0 Å². The number of halogens is 1. The molecule has 2 rings (SSSR count). The maximum atomic E-state index is 13.7. The standard InChI is InChI=1S/C10H10FN3O2/c1-5(16-4-15)6-2-7-10(14-3-13-7)8(11)9(6)12/h2-5H,12H2,1H3,(H,13,14). The predicted molar refractivity (Wildman–Crippen MR) is 56.0 cm³/mol. The maximum Gasteiger partial charge on any atom is 0.293 e. The van der Waals surface area contributed by atoms with Crippen LogP contribution >= 0.6 is 0 Å². The first kappa shape index (κ1) is 10.4. The Labute approximate surface area is 90.4 Å². The average Bonchev–Trinajstić information content (AvgIpc) is 2.71. The second-order valence-corrected chi connectivity index (χ2v) is 3.37. The molecule has 1 aromatic carbocycles. The van der Waals surface area contributed by atoms with Crippen molar-refractivity contribution in [3.63, 3.8) is 0 Å². The van der Waals surface area contributed by atoms with Gasteiger partial charge in [0.05, 0.1) is 17.5 Å². The summed E-state index contributed by atoms with van der Waals surface area (Å²) >= 11 is 0. The van der Waals surface area contributed by atoms with Gasteiger partial charge in [-0.05, 0) is 13.0 Å². The average molecular weight is 223 g/mol. The van der Waals surface area contributed by atoms with Gasteiger partial charge in [-0.25, -0.2) is 9.37 Å². The lowest BCUT2D eigenvalue weighted by atomic mass is 10.1. The predicted octanol–water partition coefficient (Wildman–Crippen LogP) is 1.52. The lowest BCUT2D eigenvalue weighted by Gasteiger charge is -2.13. The number of H-pyrrole nitrogens is 1. The zero-order valence-corrected chi connectivity index (χ0v) is 8.53. The van der Waals surface area contributed by atoms with Crippen LogP contribution in [0, 0.1) is 5.82 Å². The summed E-state index contributed by atoms with van der Waals surface area (Å²) in [6.45, 7) is 1.92. The zero-order valence-electron chi connectivity index (χ0n) is 8.53. The number of ether oxygens (including phenoxy) is 1. The topological polar surface area (TPSA) is 81.0 Å². The van der Waals surface area contributed by atoms with Gasteiger partial charge in [-0.1, -0.05) is 0 Å². The number of nitrogens with two attached hydrogens (primary N) is 1. The van der Waals surface area contributed by atoms with Crippen LogP contribution in [0.3, 0.4) is 0 Å². The SMILES string of the molecule is CC(OC=O)c1cc2[nH]cnc2c(F)c1N. The number of aromatic amines is 1. The Kier molecular flexibility index (Phi) is 2.47. The highest BCUT2D eigenvalue weighted by Gasteiger charge is 2.17. The minimum absolute atomic E-state index is 0.0473. The number of aromatic nitrogens is 2. The summed E-state index contributed by atoms with van der Waals surface area (Å²) in [5.41, 5.74) is 6.68. The Morgan fingerprint density at radius 3 is 3.12 bits per heavy atom. The summed E-state index contributed by atoms with van der Waals surface area (Å²) in [7, 11) is 0. The third-order valence-corrected chi connectivity index (χ3v) is 2.42. The zero-order chi connectivity index (χ0) is 11.7. The van der Waals surface area contributed by atoms with Gasteiger partial charge in [-0.3, -0.25) is 4.79 Å². The van der Waals surface area contributed by atoms with Crippen LogP contribution in [0.15, 0.2) is 12.4 Å². The summed E-state index contributed by atoms with van der Waals surface area (Å²) in [5.74, 6) is -0.602. The van der Waals surface area contributed by atoms with E-state index in [1.54, 1.807) is 13.0 Å². The van der Waals surface area contributed by atoms with Crippen LogP contribution in [0.1, 0.15) is 18.6 Å². The number of carbonyl (C=O) groups is 1. The summed E-state index contributed by atoms with van der Waals surface area (Å²) in [6, 6.07) is 1.62. The molecule has 84 valence electrons. The molecule has 0 bridgehead atoms. The van der Waals surface area contributed by atoms with Gasteiger partial charge in [-0.2, -0.15) is 0 Å². The smallest absolute Gasteiger partial charge is 0.293 e. The summed E-state index contributed by atoms with van der Waals surface area (Å²) in [4.78, 5) is 16.8. The normalized spacial score (nSPS) is 12.6. The van der Waals surface area contributed by atoms with Gasteiger partial charge in [0.25, 0.3) is 6.47 Å². The summed E-state index contributed by atoms with van der Waals surface area (Å²) in [6.07, 6.45) is 0.780. The van der Waals surface area contributed by atoms with Crippen LogP contribution in [0.25, 0.3) is 11.0 Å². The number of imidazole rings is 1. The number of hydrogen-bond acceptors (Lipinski definition) is 4. The molecule has 0 saturated carbocycles. The van der Waals surface area contributed by atoms with Gasteiger partial charge in [0.2, 0.25) is 0 Å². The molecule has 2 aromatic rings. The highest BCUT2D eigenvalue weighted by Crippen LogP contribution is 2.29. The molecule has 0 aliphatic heterocycles. The fraction of sp³-hybridized carbons (Fsp3) is 0.200. The highest BCUT2D eigenvalue weighted by atomic mass is 19.1. The second kappa shape index (κ2) is 3.80. The van der Waals surface area contributed by atoms with E-state index in [0.29, 0.717) is 17.6 Å². The molecule has 16 heavy (non-hydrogen) atoms. The molecule has 5 nitrogen and oxygen atoms in total. The number of nitrogens with zero attached hydrogens (tertiary/aromatic N) is 1. The van der Waals surface area contributed by atoms with Gasteiger partial charge >= 0.3 is 0 Å². The molecule has 3 N–H and O–H groups in total. The van der Waals surface area contributed by atoms with Crippen molar-refractivity contribution in [3.05, 3.63) is 23.8 Å². The number of nitrogens with one attached hydrogen (secondary N) is 1. The van der Waals surface area contributed by atoms with Crippen molar-refractivity contribution in [3.8, 4) is 0 Å². The Hall–Kier alpha value is -2.11. The first-order valence-electron chi connectivity index (χ1n) is 4.65. The molecule has 1 heterocycles. The maximum absolute atomic E-state index is 13.7. The van der Waals surface area contributed by atoms with Crippen molar-refractivity contribution < 1.29 is 13.9 Å². The molecule has 0 fully saturated rings. The molecule has 0 saturated heterocycles. The van der Waals surface area contributed by atoms with Crippen LogP contribution in [-0.2, 0) is 9.53 Å². The van der Waals surface area contributed by atoms with Gasteiger partial charge in [0.1, 0.15) is 11.6 Å². The van der Waals surface area contributed by atoms with E-state index in [9.17, 15) is 9.18 Å². The Bertz CT molecular complexity index is 538. The monoisotopic (exact) mass is 223 g/mol. The minimum Gasteiger partial charge on any atom is -0.460 e. The number of hydrogen-bond donors (Lipinski definition) is 2. The van der Waals surface area contributed by atoms with E-state index in [-0.39, 0.29) is 11.2 Å². The molecule has 0 aliphatic carbocycles. The Morgan fingerprint density at radius 2 is 2.44 bits per heavy atom. The van der Waals surface area contributed by atoms with Crippen molar-refractivity contribution in [2.75, 3.05) is 5.73 Å². The van der Waals surface area contributed by atoms with Crippen LogP contribution in [0.2, 0.25) is 0 Å². The number of nitrogen functional groups attached to an aromatic ring is 1. The molecule has 1 atom stereocenters. The van der Waals surface area contributed by atoms with E-state index in [0.717, 1.165) is 0 Å². The van der Waals surface area contributed by atoms with E-state index in [4.69, 9.17) is 10.5 Å². The third-order valence-electron chi connectivity index (χ3n) is 2.42. The first-order chi connectivity index (χ1) is 7.65. The fourth-order valence-corrected chi connectivity index (χ4v) is 1.57. The number of fused-ring (bicyclic) bond motifs is 1. The number of anilines is 1. The number of rotatable bonds is 3. The van der Waals surface area contributed by atoms with E-state index < -0.39 is 11.9 Å². The van der Waals surface area contributed by atoms with Crippen LogP contribution in [0.5, 0.6) is 0 Å². The number of carbonyl (C=O) groups excluding carboxylic acids is 1. The Balaban J connectivity index is 2.60. The summed E-state index contributed by atoms with van der Waals surface area (Å²) in [5, 5.41) is 0. The molecule has 0 spiro atoms. The molecular formula is C10H10FN3O2. The molecular weight excluding hydrogens is 213 g/mol. The van der Waals surface area contributed by atoms with Crippen LogP contribution in [-0.4, -0.2) is 16.4 Å². The highest BCUT2D eigenvalue weighted by molar-refractivity contribution is 5.81. The lowest BCUT2D eigenvalue weighted by molar-refractivity contribution is -0.133. The summed E-state index contributed by atoms with van der Waals surface area (Å²) < 4.78 is 18.5. The van der Waals surface area contributed by atoms with Crippen LogP contribution < -0.4 is 5.73 Å². The minimum atomic E-state index is -0.602. The van der Waals surface area contributed by atoms with E-state index in [2.05, 4.69) is 9.97 Å². The molecule has 1 aromatic heterocycles. The number of benzene rings is 1. The van der Waals surface area contributed by atoms with Gasteiger partial charge in [-0.15, -0.1) is 0 Å². The molecule has 6 heteroatoms. The Morgan fingerprint density at radius 1 is 1.69 bits per heavy atom. The van der Waals surface area contributed by atoms with E-state index >= 15 is 0 Å². The van der Waals surface area contributed by atoms with Crippen molar-refractivity contribution >= 4 is 23.2 Å². The van der Waals surface area contributed by atoms with Crippen molar-refractivity contribution in [1.29, 1.82) is 0 Å². The van der Waals surface area contributed by atoms with E-state index in [1.165, 1.54) is 6.33 Å². The van der Waals surface area contributed by atoms with Crippen molar-refractivity contribution in [1.82, 2.24) is 9.97 Å². The molecule has 0 radical (unpaired) electrons. The quantitative estimate of drug-likeness (QED) is 0.610. The van der Waals surface area contributed by atoms with Crippen molar-refractivity contribution in [2.45, 2.75) is 13.0 Å². The lowest BCUT2D eigenvalue weighted by Crippen LogP contribution is -2.05.